The summed E-state index contributed by atoms with van der Waals surface area (Å²) in [7, 11) is 19.3. The quantitative estimate of drug-likeness (QED) is 0.367. The zero-order valence-corrected chi connectivity index (χ0v) is 16.9. The maximum Gasteiger partial charge on any atom is 1.00 e. The molecule has 0 aromatic rings. The van der Waals surface area contributed by atoms with E-state index < -0.39 is 7.71 Å². The molecule has 0 unspecified atom stereocenters. The molecule has 0 aliphatic carbocycles. The molecule has 0 fully saturated rings. The van der Waals surface area contributed by atoms with Gasteiger partial charge in [0.25, 0.3) is 0 Å². The summed E-state index contributed by atoms with van der Waals surface area (Å²) in [6.07, 6.45) is 0. The minimum absolute atomic E-state index is 0. The maximum absolute atomic E-state index is 9.64. The number of halogens is 5. The van der Waals surface area contributed by atoms with Crippen molar-refractivity contribution >= 4 is 48.5 Å². The van der Waals surface area contributed by atoms with Gasteiger partial charge in [-0.15, -0.1) is 0 Å². The van der Waals surface area contributed by atoms with Crippen LogP contribution < -0.4 is 103 Å². The van der Waals surface area contributed by atoms with Crippen molar-refractivity contribution < 1.29 is 110 Å². The van der Waals surface area contributed by atoms with E-state index in [1.54, 1.807) is 0 Å². The minimum atomic E-state index is -5.67. The molecule has 0 aliphatic rings. The monoisotopic (exact) mass is 385 g/mol. The third kappa shape index (κ3) is 18.7. The van der Waals surface area contributed by atoms with Crippen molar-refractivity contribution in [1.82, 2.24) is 0 Å². The van der Waals surface area contributed by atoms with Crippen LogP contribution in [0.25, 0.3) is 0 Å². The topological polar surface area (TPSA) is 29.4 Å². The summed E-state index contributed by atoms with van der Waals surface area (Å²) in [6, 6.07) is 0. The van der Waals surface area contributed by atoms with Crippen molar-refractivity contribution in [3.63, 3.8) is 0 Å². The Balaban J connectivity index is -0.000000245. The molecule has 10 heavy (non-hydrogen) atoms. The molecule has 0 aliphatic heterocycles. The van der Waals surface area contributed by atoms with E-state index in [1.165, 1.54) is 0 Å². The van der Waals surface area contributed by atoms with Crippen LogP contribution in [-0.2, 0) is 7.71 Å². The molecular formula is Cl5K2NORu. The van der Waals surface area contributed by atoms with Gasteiger partial charge in [0.15, 0.2) is 0 Å². The molecule has 56 valence electrons. The summed E-state index contributed by atoms with van der Waals surface area (Å²) in [6.45, 7) is 0. The molecule has 0 radical (unpaired) electrons. The number of rotatable bonds is 1. The molecule has 0 atom stereocenters. The molecule has 0 rings (SSSR count). The molecule has 0 bridgehead atoms. The van der Waals surface area contributed by atoms with Crippen molar-refractivity contribution in [2.45, 2.75) is 0 Å². The second kappa shape index (κ2) is 5.33. The van der Waals surface area contributed by atoms with E-state index in [0.29, 0.717) is 0 Å². The van der Waals surface area contributed by atoms with Gasteiger partial charge in [-0.2, -0.15) is 0 Å². The fourth-order valence-corrected chi connectivity index (χ4v) is 0. The van der Waals surface area contributed by atoms with Crippen LogP contribution >= 0.6 is 48.5 Å². The second-order valence-electron chi connectivity index (χ2n) is 0.868. The van der Waals surface area contributed by atoms with E-state index >= 15 is 0 Å². The predicted molar refractivity (Wildman–Crippen MR) is 35.1 cm³/mol. The molecule has 0 saturated carbocycles. The molecule has 0 amide bonds. The van der Waals surface area contributed by atoms with Gasteiger partial charge in [0.1, 0.15) is 0 Å². The Labute approximate surface area is 162 Å². The van der Waals surface area contributed by atoms with Crippen LogP contribution in [0.15, 0.2) is 3.92 Å². The molecule has 0 saturated heterocycles. The Bertz CT molecular complexity index is 123. The number of hydrogen-bond donors (Lipinski definition) is 0. The normalized spacial score (nSPS) is 16.9. The van der Waals surface area contributed by atoms with Gasteiger partial charge in [0.2, 0.25) is 0 Å². The van der Waals surface area contributed by atoms with Crippen molar-refractivity contribution in [3.8, 4) is 0 Å². The molecule has 0 aromatic heterocycles. The first-order chi connectivity index (χ1) is 3.04. The summed E-state index contributed by atoms with van der Waals surface area (Å²) in [5.74, 6) is 0. The third-order valence-corrected chi connectivity index (χ3v) is 2.17. The van der Waals surface area contributed by atoms with Crippen LogP contribution in [0.3, 0.4) is 0 Å². The second-order valence-corrected chi connectivity index (χ2v) is 32.6. The smallest absolute Gasteiger partial charge is 1.00 e. The summed E-state index contributed by atoms with van der Waals surface area (Å²) in [5.41, 5.74) is 0. The number of nitrogens with zero attached hydrogens (tertiary/aromatic N) is 1. The fourth-order valence-electron chi connectivity index (χ4n) is 0. The zero-order chi connectivity index (χ0) is 7.12. The Morgan fingerprint density at radius 1 is 0.900 bits per heavy atom. The predicted octanol–water partition coefficient (Wildman–Crippen LogP) is -2.33. The average molecular weight is 387 g/mol. The Morgan fingerprint density at radius 3 is 1.00 bits per heavy atom. The number of nitroso groups, excluding NO2 is 1. The average Bonchev–Trinajstić information content (AvgIpc) is 1.30. The van der Waals surface area contributed by atoms with Crippen LogP contribution in [0.2, 0.25) is 0 Å². The van der Waals surface area contributed by atoms with E-state index in [4.69, 9.17) is 48.5 Å². The standard InChI is InChI=1S/5ClH.2K.NO.Ru/c;;;;;;;1-2;/h5*1H;;;;/q;;;;;2*+1;-1;+4/p-5. The van der Waals surface area contributed by atoms with Crippen LogP contribution in [0.1, 0.15) is 0 Å². The summed E-state index contributed by atoms with van der Waals surface area (Å²) in [5, 5.41) is 0. The third-order valence-electron chi connectivity index (χ3n) is 0.122. The molecule has 2 nitrogen and oxygen atoms in total. The van der Waals surface area contributed by atoms with Crippen LogP contribution in [0.4, 0.5) is 0 Å². The van der Waals surface area contributed by atoms with Gasteiger partial charge in [-0.25, -0.2) is 0 Å². The van der Waals surface area contributed by atoms with Gasteiger partial charge >= 0.3 is 168 Å². The van der Waals surface area contributed by atoms with Gasteiger partial charge in [0, 0.05) is 0 Å². The van der Waals surface area contributed by atoms with Gasteiger partial charge in [-0.1, -0.05) is 0 Å². The van der Waals surface area contributed by atoms with Crippen molar-refractivity contribution in [2.24, 2.45) is 3.92 Å². The van der Waals surface area contributed by atoms with Crippen molar-refractivity contribution in [3.05, 3.63) is 4.91 Å². The molecule has 0 heterocycles. The van der Waals surface area contributed by atoms with Crippen LogP contribution in [0, 0.1) is 4.91 Å². The van der Waals surface area contributed by atoms with Crippen LogP contribution in [-0.4, -0.2) is 0 Å². The van der Waals surface area contributed by atoms with E-state index in [0.717, 1.165) is 0 Å². The van der Waals surface area contributed by atoms with E-state index in [9.17, 15) is 4.91 Å². The molecule has 0 spiro atoms. The zero-order valence-electron chi connectivity index (χ0n) is 5.10. The maximum atomic E-state index is 9.64. The minimum Gasteiger partial charge on any atom is 1.00 e. The van der Waals surface area contributed by atoms with Gasteiger partial charge in [-0.05, 0) is 0 Å². The fraction of sp³-hybridized carbons (Fsp3) is 0. The first-order valence-electron chi connectivity index (χ1n) is 1.01. The Kier molecular flexibility index (Phi) is 10.9. The molecule has 10 heteroatoms. The summed E-state index contributed by atoms with van der Waals surface area (Å²) >= 11 is 0. The summed E-state index contributed by atoms with van der Waals surface area (Å²) < 4.78 is 2.04. The van der Waals surface area contributed by atoms with Gasteiger partial charge < -0.3 is 0 Å². The van der Waals surface area contributed by atoms with Crippen LogP contribution in [0.5, 0.6) is 0 Å². The first-order valence-corrected chi connectivity index (χ1v) is 13.0. The molecule has 0 aromatic carbocycles. The van der Waals surface area contributed by atoms with Gasteiger partial charge in [0.05, 0.1) is 0 Å². The largest absolute Gasteiger partial charge is 1.00 e. The van der Waals surface area contributed by atoms with E-state index in [2.05, 4.69) is 0 Å². The van der Waals surface area contributed by atoms with Crippen molar-refractivity contribution in [1.29, 1.82) is 0 Å². The van der Waals surface area contributed by atoms with Crippen molar-refractivity contribution in [2.75, 3.05) is 0 Å². The van der Waals surface area contributed by atoms with Gasteiger partial charge in [-0.3, -0.25) is 0 Å². The van der Waals surface area contributed by atoms with E-state index in [-0.39, 0.29) is 103 Å². The Morgan fingerprint density at radius 2 is 1.00 bits per heavy atom. The van der Waals surface area contributed by atoms with E-state index in [1.807, 2.05) is 3.92 Å². The SMILES string of the molecule is O=[N][Ru-2]([Cl])([Cl])([Cl])([Cl])[Cl].[K+].[K+]. The molecule has 0 N–H and O–H groups in total. The molecular weight excluding hydrogens is 387 g/mol. The summed E-state index contributed by atoms with van der Waals surface area (Å²) in [4.78, 5) is 9.64. The number of hydrogen-bond acceptors (Lipinski definition) is 2. The Hall–Kier alpha value is 4.95. The first kappa shape index (κ1) is 20.4.